The molecule has 166 valence electrons. The third kappa shape index (κ3) is 4.61. The van der Waals surface area contributed by atoms with Crippen LogP contribution in [0.4, 0.5) is 0 Å². The Balaban J connectivity index is 1.45. The third-order valence-electron chi connectivity index (χ3n) is 7.49. The molecule has 1 saturated heterocycles. The molecular weight excluding hydrogens is 378 g/mol. The molecule has 4 rings (SSSR count). The highest BCUT2D eigenvalue weighted by atomic mass is 16.5. The van der Waals surface area contributed by atoms with Crippen molar-refractivity contribution in [1.82, 2.24) is 4.90 Å². The summed E-state index contributed by atoms with van der Waals surface area (Å²) in [5.74, 6) is 2.25. The molecule has 2 saturated carbocycles. The number of benzene rings is 1. The number of carbonyl (C=O) groups is 1. The molecule has 1 amide bonds. The minimum Gasteiger partial charge on any atom is -0.493 e. The molecule has 3 fully saturated rings. The van der Waals surface area contributed by atoms with Crippen molar-refractivity contribution in [3.8, 4) is 11.5 Å². The summed E-state index contributed by atoms with van der Waals surface area (Å²) in [4.78, 5) is 14.9. The van der Waals surface area contributed by atoms with Crippen molar-refractivity contribution in [2.45, 2.75) is 82.8 Å². The summed E-state index contributed by atoms with van der Waals surface area (Å²) in [6.07, 6.45) is 9.53. The van der Waals surface area contributed by atoms with E-state index in [1.54, 1.807) is 7.11 Å². The SMILES string of the molecule is COc1ccc(C2CN(C(=O)C(O)C3CCCCC3)CC2C)cc1OC1CCCC1. The number of likely N-dealkylation sites (tertiary alicyclic amines) is 1. The highest BCUT2D eigenvalue weighted by Gasteiger charge is 2.38. The van der Waals surface area contributed by atoms with Crippen molar-refractivity contribution in [2.75, 3.05) is 20.2 Å². The Bertz CT molecular complexity index is 724. The summed E-state index contributed by atoms with van der Waals surface area (Å²) >= 11 is 0. The predicted molar refractivity (Wildman–Crippen MR) is 117 cm³/mol. The molecule has 5 heteroatoms. The molecule has 0 aromatic heterocycles. The fourth-order valence-corrected chi connectivity index (χ4v) is 5.62. The van der Waals surface area contributed by atoms with Crippen LogP contribution in [0.5, 0.6) is 11.5 Å². The van der Waals surface area contributed by atoms with Crippen LogP contribution in [0.2, 0.25) is 0 Å². The number of ether oxygens (including phenoxy) is 2. The highest BCUT2D eigenvalue weighted by Crippen LogP contribution is 2.39. The van der Waals surface area contributed by atoms with Gasteiger partial charge in [0, 0.05) is 19.0 Å². The largest absolute Gasteiger partial charge is 0.493 e. The Morgan fingerprint density at radius 1 is 1.03 bits per heavy atom. The maximum Gasteiger partial charge on any atom is 0.251 e. The van der Waals surface area contributed by atoms with Gasteiger partial charge in [-0.15, -0.1) is 0 Å². The molecule has 3 unspecified atom stereocenters. The van der Waals surface area contributed by atoms with Gasteiger partial charge in [-0.1, -0.05) is 32.3 Å². The lowest BCUT2D eigenvalue weighted by Crippen LogP contribution is -2.42. The molecule has 1 aliphatic heterocycles. The van der Waals surface area contributed by atoms with Crippen LogP contribution in [0, 0.1) is 11.8 Å². The average Bonchev–Trinajstić information content (AvgIpc) is 3.43. The zero-order chi connectivity index (χ0) is 21.1. The number of amides is 1. The van der Waals surface area contributed by atoms with Gasteiger partial charge in [-0.25, -0.2) is 0 Å². The number of methoxy groups -OCH3 is 1. The van der Waals surface area contributed by atoms with Crippen molar-refractivity contribution in [3.05, 3.63) is 23.8 Å². The summed E-state index contributed by atoms with van der Waals surface area (Å²) in [7, 11) is 1.68. The quantitative estimate of drug-likeness (QED) is 0.742. The van der Waals surface area contributed by atoms with Gasteiger partial charge >= 0.3 is 0 Å². The van der Waals surface area contributed by atoms with E-state index in [1.165, 1.54) is 24.8 Å². The van der Waals surface area contributed by atoms with Gasteiger partial charge in [0.1, 0.15) is 6.10 Å². The Morgan fingerprint density at radius 3 is 2.43 bits per heavy atom. The van der Waals surface area contributed by atoms with Crippen LogP contribution in [0.3, 0.4) is 0 Å². The third-order valence-corrected chi connectivity index (χ3v) is 7.49. The minimum absolute atomic E-state index is 0.0767. The van der Waals surface area contributed by atoms with Crippen molar-refractivity contribution < 1.29 is 19.4 Å². The molecule has 1 heterocycles. The van der Waals surface area contributed by atoms with Gasteiger partial charge < -0.3 is 19.5 Å². The molecule has 1 N–H and O–H groups in total. The Hall–Kier alpha value is -1.75. The first-order valence-electron chi connectivity index (χ1n) is 11.9. The van der Waals surface area contributed by atoms with Gasteiger partial charge in [0.05, 0.1) is 13.2 Å². The van der Waals surface area contributed by atoms with Crippen LogP contribution in [-0.4, -0.2) is 48.3 Å². The van der Waals surface area contributed by atoms with Crippen LogP contribution in [0.1, 0.15) is 76.2 Å². The molecule has 2 aliphatic carbocycles. The first kappa shape index (κ1) is 21.5. The van der Waals surface area contributed by atoms with E-state index in [2.05, 4.69) is 19.1 Å². The zero-order valence-corrected chi connectivity index (χ0v) is 18.5. The van der Waals surface area contributed by atoms with E-state index in [0.29, 0.717) is 19.0 Å². The summed E-state index contributed by atoms with van der Waals surface area (Å²) in [6.45, 7) is 3.57. The molecule has 0 bridgehead atoms. The second-order valence-electron chi connectivity index (χ2n) is 9.60. The van der Waals surface area contributed by atoms with E-state index >= 15 is 0 Å². The first-order valence-corrected chi connectivity index (χ1v) is 11.9. The monoisotopic (exact) mass is 415 g/mol. The Kier molecular flexibility index (Phi) is 6.87. The van der Waals surface area contributed by atoms with E-state index in [0.717, 1.165) is 50.0 Å². The number of aliphatic hydroxyl groups excluding tert-OH is 1. The fraction of sp³-hybridized carbons (Fsp3) is 0.720. The predicted octanol–water partition coefficient (Wildman–Crippen LogP) is 4.52. The van der Waals surface area contributed by atoms with E-state index in [4.69, 9.17) is 9.47 Å². The van der Waals surface area contributed by atoms with Gasteiger partial charge in [0.2, 0.25) is 0 Å². The molecule has 30 heavy (non-hydrogen) atoms. The topological polar surface area (TPSA) is 59.0 Å². The number of hydrogen-bond donors (Lipinski definition) is 1. The molecular formula is C25H37NO4. The fourth-order valence-electron chi connectivity index (χ4n) is 5.62. The summed E-state index contributed by atoms with van der Waals surface area (Å²) in [5.41, 5.74) is 1.19. The highest BCUT2D eigenvalue weighted by molar-refractivity contribution is 5.81. The normalized spacial score (nSPS) is 26.7. The smallest absolute Gasteiger partial charge is 0.251 e. The maximum absolute atomic E-state index is 13.0. The zero-order valence-electron chi connectivity index (χ0n) is 18.5. The van der Waals surface area contributed by atoms with Crippen molar-refractivity contribution in [3.63, 3.8) is 0 Å². The van der Waals surface area contributed by atoms with Crippen LogP contribution < -0.4 is 9.47 Å². The van der Waals surface area contributed by atoms with Crippen molar-refractivity contribution in [1.29, 1.82) is 0 Å². The van der Waals surface area contributed by atoms with E-state index < -0.39 is 6.10 Å². The number of nitrogens with zero attached hydrogens (tertiary/aromatic N) is 1. The standard InChI is InChI=1S/C25H37NO4/c1-17-15-26(25(28)24(27)18-8-4-3-5-9-18)16-21(17)19-12-13-22(29-2)23(14-19)30-20-10-6-7-11-20/h12-14,17-18,20-21,24,27H,3-11,15-16H2,1-2H3. The van der Waals surface area contributed by atoms with E-state index in [1.807, 2.05) is 11.0 Å². The summed E-state index contributed by atoms with van der Waals surface area (Å²) in [5, 5.41) is 10.7. The molecule has 1 aromatic carbocycles. The second kappa shape index (κ2) is 9.59. The molecule has 5 nitrogen and oxygen atoms in total. The average molecular weight is 416 g/mol. The summed E-state index contributed by atoms with van der Waals surface area (Å²) < 4.78 is 11.8. The molecule has 0 spiro atoms. The molecule has 3 aliphatic rings. The van der Waals surface area contributed by atoms with Gasteiger partial charge in [-0.05, 0) is 68.1 Å². The van der Waals surface area contributed by atoms with Gasteiger partial charge in [-0.3, -0.25) is 4.79 Å². The second-order valence-corrected chi connectivity index (χ2v) is 9.60. The Morgan fingerprint density at radius 2 is 1.73 bits per heavy atom. The number of rotatable bonds is 6. The van der Waals surface area contributed by atoms with E-state index in [-0.39, 0.29) is 23.8 Å². The van der Waals surface area contributed by atoms with Gasteiger partial charge in [0.15, 0.2) is 11.5 Å². The lowest BCUT2D eigenvalue weighted by Gasteiger charge is -2.29. The van der Waals surface area contributed by atoms with Crippen LogP contribution in [0.15, 0.2) is 18.2 Å². The number of aliphatic hydroxyl groups is 1. The van der Waals surface area contributed by atoms with E-state index in [9.17, 15) is 9.90 Å². The maximum atomic E-state index is 13.0. The lowest BCUT2D eigenvalue weighted by atomic mass is 9.85. The molecule has 0 radical (unpaired) electrons. The number of hydrogen-bond acceptors (Lipinski definition) is 4. The Labute approximate surface area is 180 Å². The lowest BCUT2D eigenvalue weighted by molar-refractivity contribution is -0.142. The van der Waals surface area contributed by atoms with Crippen LogP contribution >= 0.6 is 0 Å². The summed E-state index contributed by atoms with van der Waals surface area (Å²) in [6, 6.07) is 6.21. The van der Waals surface area contributed by atoms with Crippen LogP contribution in [0.25, 0.3) is 0 Å². The first-order chi connectivity index (χ1) is 14.6. The van der Waals surface area contributed by atoms with Gasteiger partial charge in [-0.2, -0.15) is 0 Å². The molecule has 3 atom stereocenters. The van der Waals surface area contributed by atoms with Crippen molar-refractivity contribution >= 4 is 5.91 Å². The van der Waals surface area contributed by atoms with Crippen LogP contribution in [-0.2, 0) is 4.79 Å². The van der Waals surface area contributed by atoms with Gasteiger partial charge in [0.25, 0.3) is 5.91 Å². The number of carbonyl (C=O) groups excluding carboxylic acids is 1. The van der Waals surface area contributed by atoms with Crippen molar-refractivity contribution in [2.24, 2.45) is 11.8 Å². The molecule has 1 aromatic rings. The minimum atomic E-state index is -0.839.